The van der Waals surface area contributed by atoms with Gasteiger partial charge in [-0.2, -0.15) is 0 Å². The van der Waals surface area contributed by atoms with Crippen molar-refractivity contribution < 1.29 is 18.3 Å². The standard InChI is InChI=1S/C10H10N4O4S2/c15-5-9(16)12-7-1-3-8(4-2-7)20(17,18)14-10-13-11-6-19-10/h1-4,6,15H,5H2,(H,12,16)(H,13,14). The molecule has 0 aliphatic heterocycles. The monoisotopic (exact) mass is 314 g/mol. The van der Waals surface area contributed by atoms with Crippen molar-refractivity contribution in [3.63, 3.8) is 0 Å². The van der Waals surface area contributed by atoms with Gasteiger partial charge in [0.15, 0.2) is 0 Å². The Bertz CT molecular complexity index is 683. The summed E-state index contributed by atoms with van der Waals surface area (Å²) in [6.45, 7) is -0.640. The second kappa shape index (κ2) is 5.94. The first-order chi connectivity index (χ1) is 9.51. The van der Waals surface area contributed by atoms with Crippen LogP contribution in [0.3, 0.4) is 0 Å². The Labute approximate surface area is 118 Å². The summed E-state index contributed by atoms with van der Waals surface area (Å²) < 4.78 is 26.3. The molecule has 0 aliphatic rings. The van der Waals surface area contributed by atoms with E-state index in [4.69, 9.17) is 5.11 Å². The van der Waals surface area contributed by atoms with E-state index in [-0.39, 0.29) is 10.0 Å². The molecule has 10 heteroatoms. The summed E-state index contributed by atoms with van der Waals surface area (Å²) in [7, 11) is -3.74. The fraction of sp³-hybridized carbons (Fsp3) is 0.100. The van der Waals surface area contributed by atoms with Crippen LogP contribution in [-0.4, -0.2) is 36.2 Å². The molecular formula is C10H10N4O4S2. The third-order valence-electron chi connectivity index (χ3n) is 2.17. The zero-order chi connectivity index (χ0) is 14.6. The lowest BCUT2D eigenvalue weighted by atomic mass is 10.3. The molecule has 2 aromatic rings. The van der Waals surface area contributed by atoms with E-state index in [9.17, 15) is 13.2 Å². The summed E-state index contributed by atoms with van der Waals surface area (Å²) in [4.78, 5) is 11.0. The molecule has 0 fully saturated rings. The van der Waals surface area contributed by atoms with Crippen molar-refractivity contribution in [1.29, 1.82) is 0 Å². The van der Waals surface area contributed by atoms with E-state index in [0.717, 1.165) is 11.3 Å². The Morgan fingerprint density at radius 3 is 2.55 bits per heavy atom. The highest BCUT2D eigenvalue weighted by Crippen LogP contribution is 2.18. The molecule has 0 saturated carbocycles. The lowest BCUT2D eigenvalue weighted by molar-refractivity contribution is -0.118. The summed E-state index contributed by atoms with van der Waals surface area (Å²) in [6, 6.07) is 5.50. The lowest BCUT2D eigenvalue weighted by Crippen LogP contribution is -2.16. The third-order valence-corrected chi connectivity index (χ3v) is 4.26. The number of sulfonamides is 1. The highest BCUT2D eigenvalue weighted by atomic mass is 32.2. The molecule has 0 aliphatic carbocycles. The fourth-order valence-corrected chi connectivity index (χ4v) is 3.00. The van der Waals surface area contributed by atoms with Crippen LogP contribution in [0.15, 0.2) is 34.7 Å². The maximum atomic E-state index is 12.0. The van der Waals surface area contributed by atoms with Gasteiger partial charge in [0.1, 0.15) is 12.1 Å². The number of aliphatic hydroxyl groups is 1. The normalized spacial score (nSPS) is 11.1. The van der Waals surface area contributed by atoms with E-state index in [1.165, 1.54) is 29.8 Å². The topological polar surface area (TPSA) is 121 Å². The van der Waals surface area contributed by atoms with Crippen LogP contribution in [0.2, 0.25) is 0 Å². The molecule has 0 spiro atoms. The molecule has 0 bridgehead atoms. The smallest absolute Gasteiger partial charge is 0.263 e. The summed E-state index contributed by atoms with van der Waals surface area (Å²) in [5, 5.41) is 18.3. The number of anilines is 2. The van der Waals surface area contributed by atoms with E-state index in [2.05, 4.69) is 20.2 Å². The van der Waals surface area contributed by atoms with Crippen LogP contribution < -0.4 is 10.0 Å². The van der Waals surface area contributed by atoms with Gasteiger partial charge in [-0.3, -0.25) is 9.52 Å². The van der Waals surface area contributed by atoms with Crippen molar-refractivity contribution in [3.8, 4) is 0 Å². The Balaban J connectivity index is 2.14. The molecule has 0 saturated heterocycles. The maximum absolute atomic E-state index is 12.0. The number of rotatable bonds is 5. The molecule has 0 unspecified atom stereocenters. The minimum absolute atomic E-state index is 0.0229. The van der Waals surface area contributed by atoms with Crippen LogP contribution in [0.1, 0.15) is 0 Å². The number of benzene rings is 1. The number of carbonyl (C=O) groups excluding carboxylic acids is 1. The largest absolute Gasteiger partial charge is 0.387 e. The second-order valence-corrected chi connectivity index (χ2v) is 6.10. The number of carbonyl (C=O) groups is 1. The van der Waals surface area contributed by atoms with Crippen molar-refractivity contribution in [3.05, 3.63) is 29.8 Å². The zero-order valence-electron chi connectivity index (χ0n) is 9.98. The molecule has 1 amide bonds. The average molecular weight is 314 g/mol. The van der Waals surface area contributed by atoms with Crippen molar-refractivity contribution in [2.75, 3.05) is 16.6 Å². The molecule has 1 heterocycles. The summed E-state index contributed by atoms with van der Waals surface area (Å²) in [6.07, 6.45) is 0. The summed E-state index contributed by atoms with van der Waals surface area (Å²) >= 11 is 1.06. The Morgan fingerprint density at radius 2 is 2.00 bits per heavy atom. The molecule has 106 valence electrons. The van der Waals surface area contributed by atoms with Crippen LogP contribution in [0.4, 0.5) is 10.8 Å². The van der Waals surface area contributed by atoms with Gasteiger partial charge < -0.3 is 10.4 Å². The molecule has 1 aromatic heterocycles. The van der Waals surface area contributed by atoms with Gasteiger partial charge in [0, 0.05) is 5.69 Å². The van der Waals surface area contributed by atoms with Gasteiger partial charge in [-0.15, -0.1) is 10.2 Å². The molecule has 8 nitrogen and oxygen atoms in total. The van der Waals surface area contributed by atoms with Crippen LogP contribution in [-0.2, 0) is 14.8 Å². The SMILES string of the molecule is O=C(CO)Nc1ccc(S(=O)(=O)Nc2nncs2)cc1. The van der Waals surface area contributed by atoms with Gasteiger partial charge in [-0.1, -0.05) is 11.3 Å². The molecular weight excluding hydrogens is 304 g/mol. The number of hydrogen-bond donors (Lipinski definition) is 3. The number of amides is 1. The Morgan fingerprint density at radius 1 is 1.30 bits per heavy atom. The quantitative estimate of drug-likeness (QED) is 0.728. The number of nitrogens with zero attached hydrogens (tertiary/aromatic N) is 2. The van der Waals surface area contributed by atoms with Gasteiger partial charge in [0.25, 0.3) is 10.0 Å². The predicted octanol–water partition coefficient (Wildman–Crippen LogP) is 0.270. The van der Waals surface area contributed by atoms with E-state index < -0.39 is 22.5 Å². The summed E-state index contributed by atoms with van der Waals surface area (Å²) in [5.41, 5.74) is 1.80. The zero-order valence-corrected chi connectivity index (χ0v) is 11.6. The van der Waals surface area contributed by atoms with E-state index >= 15 is 0 Å². The first kappa shape index (κ1) is 14.4. The number of aliphatic hydroxyl groups excluding tert-OH is 1. The molecule has 2 rings (SSSR count). The van der Waals surface area contributed by atoms with E-state index in [1.807, 2.05) is 0 Å². The second-order valence-electron chi connectivity index (χ2n) is 3.58. The molecule has 3 N–H and O–H groups in total. The molecule has 1 aromatic carbocycles. The van der Waals surface area contributed by atoms with Gasteiger partial charge in [0.2, 0.25) is 11.0 Å². The maximum Gasteiger partial charge on any atom is 0.263 e. The van der Waals surface area contributed by atoms with E-state index in [1.54, 1.807) is 0 Å². The van der Waals surface area contributed by atoms with Crippen LogP contribution in [0, 0.1) is 0 Å². The van der Waals surface area contributed by atoms with Crippen molar-refractivity contribution in [2.24, 2.45) is 0 Å². The van der Waals surface area contributed by atoms with Crippen LogP contribution in [0.5, 0.6) is 0 Å². The first-order valence-corrected chi connectivity index (χ1v) is 7.67. The lowest BCUT2D eigenvalue weighted by Gasteiger charge is -2.06. The average Bonchev–Trinajstić information content (AvgIpc) is 2.91. The molecule has 0 radical (unpaired) electrons. The van der Waals surface area contributed by atoms with Crippen LogP contribution >= 0.6 is 11.3 Å². The molecule has 0 atom stereocenters. The first-order valence-electron chi connectivity index (χ1n) is 5.31. The van der Waals surface area contributed by atoms with Gasteiger partial charge >= 0.3 is 0 Å². The highest BCUT2D eigenvalue weighted by Gasteiger charge is 2.15. The molecule has 20 heavy (non-hydrogen) atoms. The van der Waals surface area contributed by atoms with Crippen molar-refractivity contribution in [1.82, 2.24) is 10.2 Å². The highest BCUT2D eigenvalue weighted by molar-refractivity contribution is 7.93. The van der Waals surface area contributed by atoms with Crippen molar-refractivity contribution in [2.45, 2.75) is 4.90 Å². The van der Waals surface area contributed by atoms with Gasteiger partial charge in [-0.05, 0) is 24.3 Å². The van der Waals surface area contributed by atoms with Crippen molar-refractivity contribution >= 4 is 38.1 Å². The van der Waals surface area contributed by atoms with Gasteiger partial charge in [-0.25, -0.2) is 8.42 Å². The minimum atomic E-state index is -3.74. The Hall–Kier alpha value is -2.04. The third kappa shape index (κ3) is 3.50. The number of aromatic nitrogens is 2. The minimum Gasteiger partial charge on any atom is -0.387 e. The predicted molar refractivity (Wildman–Crippen MR) is 72.9 cm³/mol. The number of nitrogens with one attached hydrogen (secondary N) is 2. The van der Waals surface area contributed by atoms with Crippen LogP contribution in [0.25, 0.3) is 0 Å². The fourth-order valence-electron chi connectivity index (χ4n) is 1.31. The van der Waals surface area contributed by atoms with Gasteiger partial charge in [0.05, 0.1) is 4.90 Å². The number of hydrogen-bond acceptors (Lipinski definition) is 7. The van der Waals surface area contributed by atoms with E-state index in [0.29, 0.717) is 5.69 Å². The Kier molecular flexibility index (Phi) is 4.27. The summed E-state index contributed by atoms with van der Waals surface area (Å²) in [5.74, 6) is -0.576.